The number of hydrogen-bond donors (Lipinski definition) is 0. The molecular weight excluding hydrogens is 369 g/mol. The average molecular weight is 391 g/mol. The van der Waals surface area contributed by atoms with Crippen LogP contribution in [0.15, 0.2) is 78.9 Å². The lowest BCUT2D eigenvalue weighted by atomic mass is 10.0. The van der Waals surface area contributed by atoms with E-state index in [-0.39, 0.29) is 24.8 Å². The van der Waals surface area contributed by atoms with Gasteiger partial charge in [-0.3, -0.25) is 9.59 Å². The average Bonchev–Trinajstić information content (AvgIpc) is 2.75. The Labute approximate surface area is 169 Å². The summed E-state index contributed by atoms with van der Waals surface area (Å²) in [5, 5.41) is 0. The van der Waals surface area contributed by atoms with Crippen molar-refractivity contribution in [1.29, 1.82) is 0 Å². The van der Waals surface area contributed by atoms with E-state index in [0.717, 1.165) is 16.7 Å². The Morgan fingerprint density at radius 1 is 0.862 bits per heavy atom. The van der Waals surface area contributed by atoms with Crippen LogP contribution in [0.1, 0.15) is 12.5 Å². The molecule has 3 rings (SSSR count). The third kappa shape index (κ3) is 5.51. The van der Waals surface area contributed by atoms with E-state index in [4.69, 9.17) is 4.74 Å². The van der Waals surface area contributed by atoms with Gasteiger partial charge in [-0.2, -0.15) is 0 Å². The smallest absolute Gasteiger partial charge is 0.310 e. The number of anilines is 1. The van der Waals surface area contributed by atoms with Crippen LogP contribution < -0.4 is 4.90 Å². The molecule has 0 aliphatic carbocycles. The molecule has 0 heterocycles. The maximum Gasteiger partial charge on any atom is 0.310 e. The molecule has 0 spiro atoms. The van der Waals surface area contributed by atoms with Crippen LogP contribution in [0, 0.1) is 5.82 Å². The Hall–Kier alpha value is -3.47. The highest BCUT2D eigenvalue weighted by atomic mass is 19.1. The minimum absolute atomic E-state index is 0.0883. The first-order valence-corrected chi connectivity index (χ1v) is 9.42. The number of esters is 1. The monoisotopic (exact) mass is 391 g/mol. The Morgan fingerprint density at radius 2 is 1.48 bits per heavy atom. The van der Waals surface area contributed by atoms with E-state index in [1.54, 1.807) is 6.92 Å². The van der Waals surface area contributed by atoms with Crippen molar-refractivity contribution < 1.29 is 18.7 Å². The summed E-state index contributed by atoms with van der Waals surface area (Å²) in [6.45, 7) is 1.84. The minimum Gasteiger partial charge on any atom is -0.455 e. The van der Waals surface area contributed by atoms with Crippen molar-refractivity contribution in [3.05, 3.63) is 90.2 Å². The van der Waals surface area contributed by atoms with Crippen molar-refractivity contribution >= 4 is 17.6 Å². The Kier molecular flexibility index (Phi) is 6.74. The van der Waals surface area contributed by atoms with E-state index in [9.17, 15) is 14.0 Å². The van der Waals surface area contributed by atoms with E-state index in [2.05, 4.69) is 0 Å². The number of halogens is 1. The molecular formula is C24H22FNO3. The fraction of sp³-hybridized carbons (Fsp3) is 0.167. The number of carbonyl (C=O) groups excluding carboxylic acids is 2. The fourth-order valence-electron chi connectivity index (χ4n) is 3.01. The lowest BCUT2D eigenvalue weighted by Crippen LogP contribution is -2.34. The van der Waals surface area contributed by atoms with Crippen molar-refractivity contribution in [2.45, 2.75) is 13.3 Å². The summed E-state index contributed by atoms with van der Waals surface area (Å²) in [7, 11) is 0. The topological polar surface area (TPSA) is 46.6 Å². The molecule has 0 aliphatic heterocycles. The van der Waals surface area contributed by atoms with E-state index in [1.807, 2.05) is 54.6 Å². The molecule has 3 aromatic carbocycles. The zero-order valence-corrected chi connectivity index (χ0v) is 16.2. The van der Waals surface area contributed by atoms with Gasteiger partial charge in [-0.25, -0.2) is 4.39 Å². The molecule has 0 bridgehead atoms. The molecule has 0 radical (unpaired) electrons. The first-order chi connectivity index (χ1) is 14.1. The van der Waals surface area contributed by atoms with Crippen LogP contribution in [-0.4, -0.2) is 25.0 Å². The van der Waals surface area contributed by atoms with E-state index in [1.165, 1.54) is 29.2 Å². The molecule has 148 valence electrons. The van der Waals surface area contributed by atoms with Gasteiger partial charge in [0.05, 0.1) is 6.42 Å². The lowest BCUT2D eigenvalue weighted by molar-refractivity contribution is -0.147. The molecule has 0 N–H and O–H groups in total. The van der Waals surface area contributed by atoms with Crippen LogP contribution in [0.25, 0.3) is 11.1 Å². The SMILES string of the molecule is CCN(C(=O)COC(=O)Cc1ccc(-c2ccccc2)cc1)c1ccc(F)cc1. The summed E-state index contributed by atoms with van der Waals surface area (Å²) in [6, 6.07) is 23.2. The first-order valence-electron chi connectivity index (χ1n) is 9.42. The van der Waals surface area contributed by atoms with Crippen LogP contribution in [0.5, 0.6) is 0 Å². The van der Waals surface area contributed by atoms with Gasteiger partial charge in [0.2, 0.25) is 0 Å². The summed E-state index contributed by atoms with van der Waals surface area (Å²) < 4.78 is 18.2. The molecule has 5 heteroatoms. The lowest BCUT2D eigenvalue weighted by Gasteiger charge is -2.20. The predicted octanol–water partition coefficient (Wildman–Crippen LogP) is 4.63. The van der Waals surface area contributed by atoms with Gasteiger partial charge >= 0.3 is 5.97 Å². The molecule has 29 heavy (non-hydrogen) atoms. The highest BCUT2D eigenvalue weighted by molar-refractivity contribution is 5.95. The molecule has 0 aromatic heterocycles. The Bertz CT molecular complexity index is 954. The Morgan fingerprint density at radius 3 is 2.10 bits per heavy atom. The van der Waals surface area contributed by atoms with Crippen LogP contribution in [0.2, 0.25) is 0 Å². The van der Waals surface area contributed by atoms with Gasteiger partial charge in [0.25, 0.3) is 5.91 Å². The molecule has 4 nitrogen and oxygen atoms in total. The van der Waals surface area contributed by atoms with Gasteiger partial charge < -0.3 is 9.64 Å². The first kappa shape index (κ1) is 20.3. The number of ether oxygens (including phenoxy) is 1. The van der Waals surface area contributed by atoms with Gasteiger partial charge in [0.1, 0.15) is 5.82 Å². The maximum absolute atomic E-state index is 13.1. The van der Waals surface area contributed by atoms with Crippen molar-refractivity contribution in [1.82, 2.24) is 0 Å². The second-order valence-electron chi connectivity index (χ2n) is 6.51. The summed E-state index contributed by atoms with van der Waals surface area (Å²) in [4.78, 5) is 25.9. The molecule has 0 unspecified atom stereocenters. The molecule has 0 saturated heterocycles. The van der Waals surface area contributed by atoms with Crippen LogP contribution in [-0.2, 0) is 20.7 Å². The second kappa shape index (κ2) is 9.64. The second-order valence-corrected chi connectivity index (χ2v) is 6.51. The van der Waals surface area contributed by atoms with Gasteiger partial charge in [-0.1, -0.05) is 54.6 Å². The summed E-state index contributed by atoms with van der Waals surface area (Å²) in [6.07, 6.45) is 0.0883. The van der Waals surface area contributed by atoms with Gasteiger partial charge in [-0.15, -0.1) is 0 Å². The number of carbonyl (C=O) groups is 2. The molecule has 3 aromatic rings. The van der Waals surface area contributed by atoms with E-state index in [0.29, 0.717) is 12.2 Å². The number of rotatable bonds is 7. The summed E-state index contributed by atoms with van der Waals surface area (Å²) >= 11 is 0. The summed E-state index contributed by atoms with van der Waals surface area (Å²) in [5.41, 5.74) is 3.54. The molecule has 0 saturated carbocycles. The normalized spacial score (nSPS) is 10.4. The molecule has 0 aliphatic rings. The fourth-order valence-corrected chi connectivity index (χ4v) is 3.01. The maximum atomic E-state index is 13.1. The molecule has 1 amide bonds. The van der Waals surface area contributed by atoms with E-state index >= 15 is 0 Å². The van der Waals surface area contributed by atoms with Crippen LogP contribution in [0.4, 0.5) is 10.1 Å². The van der Waals surface area contributed by atoms with Gasteiger partial charge in [0.15, 0.2) is 6.61 Å². The van der Waals surface area contributed by atoms with Gasteiger partial charge in [-0.05, 0) is 47.9 Å². The number of benzene rings is 3. The van der Waals surface area contributed by atoms with E-state index < -0.39 is 5.97 Å². The Balaban J connectivity index is 1.53. The van der Waals surface area contributed by atoms with Crippen molar-refractivity contribution in [2.75, 3.05) is 18.1 Å². The van der Waals surface area contributed by atoms with Crippen LogP contribution >= 0.6 is 0 Å². The highest BCUT2D eigenvalue weighted by Gasteiger charge is 2.16. The number of likely N-dealkylation sites (N-methyl/N-ethyl adjacent to an activating group) is 1. The minimum atomic E-state index is -0.471. The van der Waals surface area contributed by atoms with Crippen molar-refractivity contribution in [3.63, 3.8) is 0 Å². The quantitative estimate of drug-likeness (QED) is 0.552. The van der Waals surface area contributed by atoms with Crippen molar-refractivity contribution in [3.8, 4) is 11.1 Å². The van der Waals surface area contributed by atoms with Crippen LogP contribution in [0.3, 0.4) is 0 Å². The third-order valence-corrected chi connectivity index (χ3v) is 4.52. The zero-order valence-electron chi connectivity index (χ0n) is 16.2. The third-order valence-electron chi connectivity index (χ3n) is 4.52. The summed E-state index contributed by atoms with van der Waals surface area (Å²) in [5.74, 6) is -1.20. The number of nitrogens with zero attached hydrogens (tertiary/aromatic N) is 1. The number of amides is 1. The zero-order chi connectivity index (χ0) is 20.6. The predicted molar refractivity (Wildman–Crippen MR) is 111 cm³/mol. The molecule has 0 atom stereocenters. The number of hydrogen-bond acceptors (Lipinski definition) is 3. The molecule has 0 fully saturated rings. The van der Waals surface area contributed by atoms with Crippen molar-refractivity contribution in [2.24, 2.45) is 0 Å². The van der Waals surface area contributed by atoms with Gasteiger partial charge in [0, 0.05) is 12.2 Å². The highest BCUT2D eigenvalue weighted by Crippen LogP contribution is 2.19. The largest absolute Gasteiger partial charge is 0.455 e. The standard InChI is InChI=1S/C24H22FNO3/c1-2-26(22-14-12-21(25)13-15-22)23(27)17-29-24(28)16-18-8-10-20(11-9-18)19-6-4-3-5-7-19/h3-15H,2,16-17H2,1H3.